The van der Waals surface area contributed by atoms with Crippen molar-refractivity contribution in [3.8, 4) is 0 Å². The lowest BCUT2D eigenvalue weighted by Gasteiger charge is -2.34. The fourth-order valence-electron chi connectivity index (χ4n) is 4.32. The number of benzene rings is 2. The summed E-state index contributed by atoms with van der Waals surface area (Å²) in [5.74, 6) is -0.711. The van der Waals surface area contributed by atoms with Crippen LogP contribution in [-0.2, 0) is 11.3 Å². The number of hydrogen-bond acceptors (Lipinski definition) is 6. The molecule has 166 valence electrons. The molecule has 2 aromatic carbocycles. The zero-order chi connectivity index (χ0) is 23.1. The molecule has 9 heteroatoms. The van der Waals surface area contributed by atoms with Gasteiger partial charge in [-0.3, -0.25) is 19.2 Å². The molecule has 1 saturated heterocycles. The van der Waals surface area contributed by atoms with Crippen LogP contribution in [0.15, 0.2) is 48.5 Å². The van der Waals surface area contributed by atoms with Crippen LogP contribution in [0.25, 0.3) is 0 Å². The molecule has 0 saturated carbocycles. The van der Waals surface area contributed by atoms with Crippen molar-refractivity contribution in [3.63, 3.8) is 0 Å². The molecule has 5 rings (SSSR count). The Labute approximate surface area is 189 Å². The third-order valence-electron chi connectivity index (χ3n) is 6.10. The average Bonchev–Trinajstić information content (AvgIpc) is 3.26. The van der Waals surface area contributed by atoms with Gasteiger partial charge in [0.2, 0.25) is 17.5 Å². The van der Waals surface area contributed by atoms with Gasteiger partial charge in [0.05, 0.1) is 6.54 Å². The van der Waals surface area contributed by atoms with E-state index in [1.54, 1.807) is 52.3 Å². The van der Waals surface area contributed by atoms with Crippen LogP contribution in [0.4, 0.5) is 0 Å². The Morgan fingerprint density at radius 1 is 0.879 bits per heavy atom. The summed E-state index contributed by atoms with van der Waals surface area (Å²) in [6, 6.07) is 13.8. The minimum atomic E-state index is -0.319. The highest BCUT2D eigenvalue weighted by molar-refractivity contribution is 6.26. The van der Waals surface area contributed by atoms with Crippen molar-refractivity contribution in [3.05, 3.63) is 82.2 Å². The molecule has 0 unspecified atom stereocenters. The van der Waals surface area contributed by atoms with E-state index < -0.39 is 0 Å². The molecule has 0 radical (unpaired) electrons. The van der Waals surface area contributed by atoms with Crippen LogP contribution >= 0.6 is 0 Å². The molecule has 0 atom stereocenters. The first-order chi connectivity index (χ1) is 15.9. The predicted octanol–water partition coefficient (Wildman–Crippen LogP) is 1.41. The van der Waals surface area contributed by atoms with Crippen LogP contribution in [-0.4, -0.2) is 74.4 Å². The average molecular weight is 443 g/mol. The fourth-order valence-corrected chi connectivity index (χ4v) is 4.32. The number of fused-ring (bicyclic) bond motifs is 2. The summed E-state index contributed by atoms with van der Waals surface area (Å²) in [5.41, 5.74) is 2.16. The summed E-state index contributed by atoms with van der Waals surface area (Å²) >= 11 is 0. The molecular formula is C24H21N5O4. The SMILES string of the molecule is CC(=O)N1CCN(C(=O)c2cccc(Cn3nnc4c3C(=O)c3ccccc3C4=O)c2)CC1. The first kappa shape index (κ1) is 20.7. The zero-order valence-corrected chi connectivity index (χ0v) is 18.0. The molecule has 1 fully saturated rings. The Morgan fingerprint density at radius 2 is 1.55 bits per heavy atom. The largest absolute Gasteiger partial charge is 0.339 e. The molecule has 0 N–H and O–H groups in total. The highest BCUT2D eigenvalue weighted by Crippen LogP contribution is 2.26. The van der Waals surface area contributed by atoms with E-state index in [0.717, 1.165) is 5.56 Å². The van der Waals surface area contributed by atoms with Crippen molar-refractivity contribution in [2.45, 2.75) is 13.5 Å². The van der Waals surface area contributed by atoms with E-state index in [-0.39, 0.29) is 41.3 Å². The van der Waals surface area contributed by atoms with E-state index in [9.17, 15) is 19.2 Å². The van der Waals surface area contributed by atoms with E-state index in [1.165, 1.54) is 11.6 Å². The normalized spacial score (nSPS) is 15.3. The Kier molecular flexibility index (Phi) is 5.08. The van der Waals surface area contributed by atoms with Crippen molar-refractivity contribution in [2.75, 3.05) is 26.2 Å². The maximum absolute atomic E-state index is 13.0. The van der Waals surface area contributed by atoms with Crippen LogP contribution in [0.5, 0.6) is 0 Å². The van der Waals surface area contributed by atoms with E-state index in [2.05, 4.69) is 10.3 Å². The number of rotatable bonds is 3. The van der Waals surface area contributed by atoms with Crippen LogP contribution in [0.3, 0.4) is 0 Å². The number of hydrogen-bond donors (Lipinski definition) is 0. The monoisotopic (exact) mass is 443 g/mol. The second kappa shape index (κ2) is 8.09. The number of carbonyl (C=O) groups is 4. The van der Waals surface area contributed by atoms with E-state index in [1.807, 2.05) is 6.07 Å². The standard InChI is InChI=1S/C24H21N5O4/c1-15(30)27-9-11-28(12-10-27)24(33)17-6-4-5-16(13-17)14-29-21-20(25-26-29)22(31)18-7-2-3-8-19(18)23(21)32/h2-8,13H,9-12,14H2,1H3. The molecule has 2 heterocycles. The summed E-state index contributed by atoms with van der Waals surface area (Å²) in [7, 11) is 0. The molecule has 0 bridgehead atoms. The first-order valence-corrected chi connectivity index (χ1v) is 10.7. The number of piperazine rings is 1. The molecular weight excluding hydrogens is 422 g/mol. The van der Waals surface area contributed by atoms with Gasteiger partial charge in [0.15, 0.2) is 5.69 Å². The minimum Gasteiger partial charge on any atom is -0.339 e. The lowest BCUT2D eigenvalue weighted by atomic mass is 9.90. The Bertz CT molecular complexity index is 1300. The molecule has 3 aromatic rings. The highest BCUT2D eigenvalue weighted by atomic mass is 16.2. The van der Waals surface area contributed by atoms with Crippen LogP contribution in [0.2, 0.25) is 0 Å². The van der Waals surface area contributed by atoms with Gasteiger partial charge >= 0.3 is 0 Å². The van der Waals surface area contributed by atoms with E-state index in [0.29, 0.717) is 42.9 Å². The van der Waals surface area contributed by atoms with Gasteiger partial charge in [-0.25, -0.2) is 4.68 Å². The molecule has 2 amide bonds. The molecule has 2 aliphatic rings. The van der Waals surface area contributed by atoms with Gasteiger partial charge in [0, 0.05) is 49.8 Å². The number of nitrogens with zero attached hydrogens (tertiary/aromatic N) is 5. The van der Waals surface area contributed by atoms with Crippen molar-refractivity contribution in [2.24, 2.45) is 0 Å². The number of amides is 2. The van der Waals surface area contributed by atoms with Gasteiger partial charge in [-0.05, 0) is 17.7 Å². The quantitative estimate of drug-likeness (QED) is 0.474. The topological polar surface area (TPSA) is 105 Å². The van der Waals surface area contributed by atoms with Crippen LogP contribution in [0.1, 0.15) is 54.9 Å². The maximum Gasteiger partial charge on any atom is 0.253 e. The minimum absolute atomic E-state index is 0.0101. The molecule has 1 aromatic heterocycles. The number of carbonyl (C=O) groups excluding carboxylic acids is 4. The Hall–Kier alpha value is -4.14. The van der Waals surface area contributed by atoms with Gasteiger partial charge in [-0.2, -0.15) is 0 Å². The summed E-state index contributed by atoms with van der Waals surface area (Å²) in [4.78, 5) is 53.8. The van der Waals surface area contributed by atoms with Gasteiger partial charge in [0.1, 0.15) is 5.69 Å². The Balaban J connectivity index is 1.37. The van der Waals surface area contributed by atoms with Crippen LogP contribution in [0, 0.1) is 0 Å². The summed E-state index contributed by atoms with van der Waals surface area (Å²) in [6.07, 6.45) is 0. The Morgan fingerprint density at radius 3 is 2.24 bits per heavy atom. The van der Waals surface area contributed by atoms with Crippen molar-refractivity contribution in [1.29, 1.82) is 0 Å². The summed E-state index contributed by atoms with van der Waals surface area (Å²) in [5, 5.41) is 8.03. The van der Waals surface area contributed by atoms with Gasteiger partial charge < -0.3 is 9.80 Å². The molecule has 1 aliphatic heterocycles. The van der Waals surface area contributed by atoms with E-state index >= 15 is 0 Å². The third-order valence-corrected chi connectivity index (χ3v) is 6.10. The lowest BCUT2D eigenvalue weighted by Crippen LogP contribution is -2.50. The summed E-state index contributed by atoms with van der Waals surface area (Å²) < 4.78 is 1.42. The molecule has 9 nitrogen and oxygen atoms in total. The molecule has 1 aliphatic carbocycles. The lowest BCUT2D eigenvalue weighted by molar-refractivity contribution is -0.130. The zero-order valence-electron chi connectivity index (χ0n) is 18.0. The van der Waals surface area contributed by atoms with Crippen molar-refractivity contribution < 1.29 is 19.2 Å². The fraction of sp³-hybridized carbons (Fsp3) is 0.250. The van der Waals surface area contributed by atoms with E-state index in [4.69, 9.17) is 0 Å². The van der Waals surface area contributed by atoms with Crippen molar-refractivity contribution in [1.82, 2.24) is 24.8 Å². The second-order valence-corrected chi connectivity index (χ2v) is 8.15. The van der Waals surface area contributed by atoms with Crippen LogP contribution < -0.4 is 0 Å². The third kappa shape index (κ3) is 3.61. The van der Waals surface area contributed by atoms with Crippen molar-refractivity contribution >= 4 is 23.4 Å². The van der Waals surface area contributed by atoms with Gasteiger partial charge in [0.25, 0.3) is 5.91 Å². The maximum atomic E-state index is 13.0. The second-order valence-electron chi connectivity index (χ2n) is 8.15. The molecule has 33 heavy (non-hydrogen) atoms. The summed E-state index contributed by atoms with van der Waals surface area (Å²) in [6.45, 7) is 3.72. The predicted molar refractivity (Wildman–Crippen MR) is 117 cm³/mol. The highest BCUT2D eigenvalue weighted by Gasteiger charge is 2.35. The first-order valence-electron chi connectivity index (χ1n) is 10.7. The molecule has 0 spiro atoms. The number of aromatic nitrogens is 3. The smallest absolute Gasteiger partial charge is 0.253 e. The number of ketones is 2. The van der Waals surface area contributed by atoms with Gasteiger partial charge in [-0.15, -0.1) is 5.10 Å². The van der Waals surface area contributed by atoms with Gasteiger partial charge in [-0.1, -0.05) is 41.6 Å².